The number of hydrogen-bond acceptors (Lipinski definition) is 4. The van der Waals surface area contributed by atoms with Gasteiger partial charge in [0, 0.05) is 51.3 Å². The summed E-state index contributed by atoms with van der Waals surface area (Å²) in [7, 11) is 0. The Balaban J connectivity index is 0.000000604. The van der Waals surface area contributed by atoms with Gasteiger partial charge in [-0.05, 0) is 29.7 Å². The van der Waals surface area contributed by atoms with E-state index in [1.807, 2.05) is 37.3 Å². The summed E-state index contributed by atoms with van der Waals surface area (Å²) >= 11 is 0. The second-order valence-corrected chi connectivity index (χ2v) is 8.38. The van der Waals surface area contributed by atoms with Crippen LogP contribution >= 0.6 is 0 Å². The van der Waals surface area contributed by atoms with Crippen LogP contribution in [0.3, 0.4) is 0 Å². The molecule has 37 heavy (non-hydrogen) atoms. The van der Waals surface area contributed by atoms with Gasteiger partial charge in [-0.1, -0.05) is 37.3 Å². The highest BCUT2D eigenvalue weighted by Crippen LogP contribution is 2.19. The van der Waals surface area contributed by atoms with Crippen LogP contribution in [-0.4, -0.2) is 78.1 Å². The highest BCUT2D eigenvalue weighted by molar-refractivity contribution is 5.94. The number of nitrogens with one attached hydrogen (secondary N) is 1. The number of amides is 2. The molecule has 0 radical (unpaired) electrons. The topological polar surface area (TPSA) is 90.0 Å². The number of hydrogen-bond donors (Lipinski definition) is 2. The Bertz CT molecular complexity index is 1060. The molecule has 0 aromatic heterocycles. The first-order valence-corrected chi connectivity index (χ1v) is 11.5. The van der Waals surface area contributed by atoms with Crippen LogP contribution in [0.4, 0.5) is 22.0 Å². The van der Waals surface area contributed by atoms with Crippen molar-refractivity contribution in [1.29, 1.82) is 0 Å². The van der Waals surface area contributed by atoms with E-state index in [0.717, 1.165) is 30.8 Å². The van der Waals surface area contributed by atoms with Crippen molar-refractivity contribution in [3.8, 4) is 0 Å². The van der Waals surface area contributed by atoms with Gasteiger partial charge in [0.2, 0.25) is 5.91 Å². The molecule has 1 saturated heterocycles. The van der Waals surface area contributed by atoms with E-state index >= 15 is 0 Å². The minimum absolute atomic E-state index is 0.00745. The van der Waals surface area contributed by atoms with Crippen LogP contribution in [0, 0.1) is 11.6 Å². The second-order valence-electron chi connectivity index (χ2n) is 8.38. The largest absolute Gasteiger partial charge is 0.490 e. The van der Waals surface area contributed by atoms with Crippen molar-refractivity contribution in [2.45, 2.75) is 25.4 Å². The molecule has 2 N–H and O–H groups in total. The maximum Gasteiger partial charge on any atom is 0.490 e. The lowest BCUT2D eigenvalue weighted by Gasteiger charge is -2.30. The molecule has 7 nitrogen and oxygen atoms in total. The minimum atomic E-state index is -5.08. The number of carbonyl (C=O) groups excluding carboxylic acids is 2. The molecule has 1 fully saturated rings. The van der Waals surface area contributed by atoms with Gasteiger partial charge < -0.3 is 20.2 Å². The Hall–Kier alpha value is -3.54. The van der Waals surface area contributed by atoms with Crippen molar-refractivity contribution in [3.63, 3.8) is 0 Å². The summed E-state index contributed by atoms with van der Waals surface area (Å²) in [6.45, 7) is 5.41. The highest BCUT2D eigenvalue weighted by atomic mass is 19.4. The summed E-state index contributed by atoms with van der Waals surface area (Å²) in [6, 6.07) is 12.9. The molecule has 0 bridgehead atoms. The van der Waals surface area contributed by atoms with Crippen LogP contribution < -0.4 is 5.32 Å². The molecule has 12 heteroatoms. The predicted octanol–water partition coefficient (Wildman–Crippen LogP) is 3.67. The molecule has 1 atom stereocenters. The summed E-state index contributed by atoms with van der Waals surface area (Å²) in [5.41, 5.74) is 1.14. The standard InChI is InChI=1S/C23H27F2N3O2.C2HF3O2/c1-17(18-5-3-2-4-6-18)16-28(12-9-22(29)27-13-10-26-11-14-27)23(30)19-7-8-20(24)21(25)15-19;3-2(4,5)1(6)7/h2-8,15,17,26H,9-14,16H2,1H3;(H,6,7). The van der Waals surface area contributed by atoms with Crippen LogP contribution in [0.1, 0.15) is 35.2 Å². The average molecular weight is 530 g/mol. The van der Waals surface area contributed by atoms with Gasteiger partial charge in [-0.3, -0.25) is 9.59 Å². The Morgan fingerprint density at radius 2 is 1.62 bits per heavy atom. The van der Waals surface area contributed by atoms with Crippen molar-refractivity contribution < 1.29 is 41.4 Å². The molecule has 0 spiro atoms. The summed E-state index contributed by atoms with van der Waals surface area (Å²) in [5, 5.41) is 10.3. The number of rotatable bonds is 7. The van der Waals surface area contributed by atoms with Crippen LogP contribution in [-0.2, 0) is 9.59 Å². The van der Waals surface area contributed by atoms with Crippen LogP contribution in [0.2, 0.25) is 0 Å². The van der Waals surface area contributed by atoms with Gasteiger partial charge in [-0.25, -0.2) is 13.6 Å². The number of carbonyl (C=O) groups is 3. The van der Waals surface area contributed by atoms with Crippen molar-refractivity contribution >= 4 is 17.8 Å². The van der Waals surface area contributed by atoms with Gasteiger partial charge in [0.25, 0.3) is 5.91 Å². The second kappa shape index (κ2) is 13.7. The van der Waals surface area contributed by atoms with Crippen molar-refractivity contribution in [3.05, 3.63) is 71.3 Å². The predicted molar refractivity (Wildman–Crippen MR) is 125 cm³/mol. The van der Waals surface area contributed by atoms with Gasteiger partial charge in [0.15, 0.2) is 11.6 Å². The van der Waals surface area contributed by atoms with Gasteiger partial charge in [0.1, 0.15) is 0 Å². The molecule has 1 heterocycles. The molecule has 1 aliphatic rings. The molecule has 2 amide bonds. The first-order valence-electron chi connectivity index (χ1n) is 11.5. The van der Waals surface area contributed by atoms with Gasteiger partial charge in [-0.2, -0.15) is 13.2 Å². The molecule has 202 valence electrons. The number of benzene rings is 2. The third-order valence-electron chi connectivity index (χ3n) is 5.62. The van der Waals surface area contributed by atoms with E-state index in [4.69, 9.17) is 9.90 Å². The number of aliphatic carboxylic acids is 1. The van der Waals surface area contributed by atoms with Crippen LogP contribution in [0.15, 0.2) is 48.5 Å². The Kier molecular flexibility index (Phi) is 11.0. The third kappa shape index (κ3) is 9.45. The first-order chi connectivity index (χ1) is 17.4. The normalized spacial score (nSPS) is 14.3. The number of halogens is 5. The SMILES string of the molecule is CC(CN(CCC(=O)N1CCNCC1)C(=O)c1ccc(F)c(F)c1)c1ccccc1.O=C(O)C(F)(F)F. The number of carboxylic acids is 1. The third-order valence-corrected chi connectivity index (χ3v) is 5.62. The molecule has 0 aliphatic carbocycles. The fourth-order valence-electron chi connectivity index (χ4n) is 3.61. The van der Waals surface area contributed by atoms with E-state index in [0.29, 0.717) is 19.6 Å². The Morgan fingerprint density at radius 3 is 2.16 bits per heavy atom. The monoisotopic (exact) mass is 529 g/mol. The Morgan fingerprint density at radius 1 is 1.03 bits per heavy atom. The quantitative estimate of drug-likeness (QED) is 0.535. The first kappa shape index (κ1) is 29.7. The van der Waals surface area contributed by atoms with Crippen LogP contribution in [0.25, 0.3) is 0 Å². The summed E-state index contributed by atoms with van der Waals surface area (Å²) in [4.78, 5) is 37.9. The lowest BCUT2D eigenvalue weighted by Crippen LogP contribution is -2.47. The van der Waals surface area contributed by atoms with E-state index < -0.39 is 29.7 Å². The zero-order valence-corrected chi connectivity index (χ0v) is 20.1. The van der Waals surface area contributed by atoms with E-state index in [2.05, 4.69) is 5.32 Å². The van der Waals surface area contributed by atoms with Crippen molar-refractivity contribution in [2.75, 3.05) is 39.3 Å². The van der Waals surface area contributed by atoms with Gasteiger partial charge >= 0.3 is 12.1 Å². The number of piperazine rings is 1. The summed E-state index contributed by atoms with van der Waals surface area (Å²) in [5.74, 6) is -5.21. The fraction of sp³-hybridized carbons (Fsp3) is 0.400. The maximum absolute atomic E-state index is 13.7. The van der Waals surface area contributed by atoms with Crippen molar-refractivity contribution in [2.24, 2.45) is 0 Å². The lowest BCUT2D eigenvalue weighted by atomic mass is 10.00. The molecule has 1 aliphatic heterocycles. The highest BCUT2D eigenvalue weighted by Gasteiger charge is 2.38. The van der Waals surface area contributed by atoms with Gasteiger partial charge in [-0.15, -0.1) is 0 Å². The molecule has 2 aromatic carbocycles. The summed E-state index contributed by atoms with van der Waals surface area (Å²) in [6.07, 6.45) is -4.89. The van der Waals surface area contributed by atoms with E-state index in [1.54, 1.807) is 9.80 Å². The lowest BCUT2D eigenvalue weighted by molar-refractivity contribution is -0.192. The smallest absolute Gasteiger partial charge is 0.475 e. The zero-order chi connectivity index (χ0) is 27.6. The number of nitrogens with zero attached hydrogens (tertiary/aromatic N) is 2. The zero-order valence-electron chi connectivity index (χ0n) is 20.1. The van der Waals surface area contributed by atoms with E-state index in [9.17, 15) is 31.5 Å². The molecule has 1 unspecified atom stereocenters. The summed E-state index contributed by atoms with van der Waals surface area (Å²) < 4.78 is 58.7. The maximum atomic E-state index is 13.7. The minimum Gasteiger partial charge on any atom is -0.475 e. The molecular formula is C25H28F5N3O4. The molecule has 0 saturated carbocycles. The van der Waals surface area contributed by atoms with Gasteiger partial charge in [0.05, 0.1) is 0 Å². The average Bonchev–Trinajstić information content (AvgIpc) is 2.88. The van der Waals surface area contributed by atoms with E-state index in [-0.39, 0.29) is 30.4 Å². The Labute approximate surface area is 210 Å². The fourth-order valence-corrected chi connectivity index (χ4v) is 3.61. The van der Waals surface area contributed by atoms with E-state index in [1.165, 1.54) is 6.07 Å². The number of carboxylic acid groups (broad SMARTS) is 1. The number of alkyl halides is 3. The molecule has 3 rings (SSSR count). The van der Waals surface area contributed by atoms with Crippen LogP contribution in [0.5, 0.6) is 0 Å². The van der Waals surface area contributed by atoms with Crippen molar-refractivity contribution in [1.82, 2.24) is 15.1 Å². The molecule has 2 aromatic rings. The molecular weight excluding hydrogens is 501 g/mol.